The second kappa shape index (κ2) is 11.1. The van der Waals surface area contributed by atoms with E-state index in [-0.39, 0.29) is 42.1 Å². The van der Waals surface area contributed by atoms with Gasteiger partial charge >= 0.3 is 0 Å². The van der Waals surface area contributed by atoms with Crippen molar-refractivity contribution in [3.8, 4) is 17.7 Å². The maximum Gasteiger partial charge on any atom is 0.271 e. The van der Waals surface area contributed by atoms with E-state index in [1.807, 2.05) is 23.6 Å². The van der Waals surface area contributed by atoms with Gasteiger partial charge in [-0.15, -0.1) is 11.3 Å². The number of aromatic hydroxyl groups is 1. The summed E-state index contributed by atoms with van der Waals surface area (Å²) in [5.41, 5.74) is -0.271. The number of rotatable bonds is 8. The summed E-state index contributed by atoms with van der Waals surface area (Å²) in [4.78, 5) is 41.8. The van der Waals surface area contributed by atoms with Crippen molar-refractivity contribution >= 4 is 57.4 Å². The average Bonchev–Trinajstić information content (AvgIpc) is 3.49. The molecule has 11 heteroatoms. The van der Waals surface area contributed by atoms with Gasteiger partial charge in [0.2, 0.25) is 5.88 Å². The number of Topliss-reactive ketones (excluding diaryl/α,β-unsaturated/α-hetero) is 1. The highest BCUT2D eigenvalue weighted by atomic mass is 32.2. The molecule has 188 valence electrons. The number of thiophene rings is 1. The van der Waals surface area contributed by atoms with E-state index in [2.05, 4.69) is 0 Å². The van der Waals surface area contributed by atoms with E-state index in [0.717, 1.165) is 9.44 Å². The number of carbonyl (C=O) groups excluding carboxylic acids is 2. The number of pyridine rings is 1. The van der Waals surface area contributed by atoms with Gasteiger partial charge < -0.3 is 9.84 Å². The number of nitrogens with zero attached hydrogens (tertiary/aromatic N) is 3. The van der Waals surface area contributed by atoms with Crippen molar-refractivity contribution in [2.24, 2.45) is 0 Å². The lowest BCUT2D eigenvalue weighted by Gasteiger charge is -2.17. The topological polar surface area (TPSA) is 113 Å². The molecule has 1 aliphatic rings. The first kappa shape index (κ1) is 26.3. The van der Waals surface area contributed by atoms with E-state index >= 15 is 0 Å². The van der Waals surface area contributed by atoms with Crippen molar-refractivity contribution in [3.05, 3.63) is 84.2 Å². The highest BCUT2D eigenvalue weighted by Gasteiger charge is 2.33. The predicted octanol–water partition coefficient (Wildman–Crippen LogP) is 4.33. The number of thiocarbonyl (C=S) groups is 1. The van der Waals surface area contributed by atoms with Crippen molar-refractivity contribution in [1.29, 1.82) is 5.26 Å². The standard InChI is InChI=1S/C26H21N3O5S3/c1-15-19(13-27)23(31)29(14-16-5-7-17(34-2)8-6-16)25(33)22(15)20(30)9-10-28-24(32)21(37-26(28)35)12-18-4-3-11-36-18/h3-8,11-12,33H,9-10,14H2,1-2H3/b21-12-. The van der Waals surface area contributed by atoms with E-state index < -0.39 is 17.2 Å². The van der Waals surface area contributed by atoms with Crippen LogP contribution in [0.1, 0.15) is 38.3 Å². The average molecular weight is 552 g/mol. The number of ketones is 1. The van der Waals surface area contributed by atoms with Gasteiger partial charge in [-0.1, -0.05) is 42.2 Å². The Hall–Kier alpha value is -3.72. The quantitative estimate of drug-likeness (QED) is 0.250. The zero-order valence-electron chi connectivity index (χ0n) is 19.9. The summed E-state index contributed by atoms with van der Waals surface area (Å²) in [5, 5.41) is 22.5. The van der Waals surface area contributed by atoms with Crippen LogP contribution in [-0.2, 0) is 11.3 Å². The number of hydrogen-bond acceptors (Lipinski definition) is 9. The number of amides is 1. The SMILES string of the molecule is COc1ccc(Cn2c(O)c(C(=O)CCN3C(=O)/C(=C/c4cccs4)SC3=S)c(C)c(C#N)c2=O)cc1. The van der Waals surface area contributed by atoms with E-state index in [0.29, 0.717) is 20.5 Å². The number of benzene rings is 1. The molecule has 1 amide bonds. The van der Waals surface area contributed by atoms with Gasteiger partial charge in [-0.3, -0.25) is 23.9 Å². The summed E-state index contributed by atoms with van der Waals surface area (Å²) in [6.45, 7) is 1.41. The summed E-state index contributed by atoms with van der Waals surface area (Å²) in [6, 6.07) is 12.5. The summed E-state index contributed by atoms with van der Waals surface area (Å²) < 4.78 is 6.48. The van der Waals surface area contributed by atoms with E-state index in [4.69, 9.17) is 17.0 Å². The van der Waals surface area contributed by atoms with Crippen LogP contribution in [-0.4, -0.2) is 44.2 Å². The highest BCUT2D eigenvalue weighted by Crippen LogP contribution is 2.34. The van der Waals surface area contributed by atoms with Crippen LogP contribution in [0.25, 0.3) is 6.08 Å². The minimum absolute atomic E-state index is 0.00362. The van der Waals surface area contributed by atoms with Crippen LogP contribution in [0.3, 0.4) is 0 Å². The molecular formula is C26H21N3O5S3. The molecular weight excluding hydrogens is 531 g/mol. The monoisotopic (exact) mass is 551 g/mol. The van der Waals surface area contributed by atoms with Crippen LogP contribution in [0.5, 0.6) is 11.6 Å². The number of nitriles is 1. The van der Waals surface area contributed by atoms with Gasteiger partial charge in [0.15, 0.2) is 5.78 Å². The summed E-state index contributed by atoms with van der Waals surface area (Å²) in [6.07, 6.45) is 1.61. The second-order valence-corrected chi connectivity index (χ2v) is 10.7. The van der Waals surface area contributed by atoms with Gasteiger partial charge in [0, 0.05) is 17.8 Å². The van der Waals surface area contributed by atoms with Gasteiger partial charge in [-0.2, -0.15) is 5.26 Å². The van der Waals surface area contributed by atoms with E-state index in [1.54, 1.807) is 30.3 Å². The minimum atomic E-state index is -0.694. The van der Waals surface area contributed by atoms with Gasteiger partial charge in [-0.25, -0.2) is 0 Å². The Bertz CT molecular complexity index is 1520. The van der Waals surface area contributed by atoms with Crippen LogP contribution >= 0.6 is 35.3 Å². The third-order valence-electron chi connectivity index (χ3n) is 5.83. The summed E-state index contributed by atoms with van der Waals surface area (Å²) >= 11 is 8.01. The zero-order valence-corrected chi connectivity index (χ0v) is 22.3. The van der Waals surface area contributed by atoms with Crippen LogP contribution in [0, 0.1) is 18.3 Å². The van der Waals surface area contributed by atoms with Gasteiger partial charge in [-0.05, 0) is 47.7 Å². The molecule has 8 nitrogen and oxygen atoms in total. The molecule has 0 spiro atoms. The number of hydrogen-bond donors (Lipinski definition) is 1. The van der Waals surface area contributed by atoms with Crippen molar-refractivity contribution < 1.29 is 19.4 Å². The number of thioether (sulfide) groups is 1. The molecule has 0 aliphatic carbocycles. The van der Waals surface area contributed by atoms with Crippen molar-refractivity contribution in [2.45, 2.75) is 19.9 Å². The molecule has 37 heavy (non-hydrogen) atoms. The highest BCUT2D eigenvalue weighted by molar-refractivity contribution is 8.26. The maximum absolute atomic E-state index is 13.3. The number of aromatic nitrogens is 1. The lowest BCUT2D eigenvalue weighted by Crippen LogP contribution is -2.31. The minimum Gasteiger partial charge on any atom is -0.497 e. The Morgan fingerprint density at radius 1 is 1.24 bits per heavy atom. The Balaban J connectivity index is 1.59. The lowest BCUT2D eigenvalue weighted by atomic mass is 9.99. The molecule has 1 fully saturated rings. The fourth-order valence-corrected chi connectivity index (χ4v) is 5.91. The molecule has 2 aromatic heterocycles. The van der Waals surface area contributed by atoms with Crippen molar-refractivity contribution in [3.63, 3.8) is 0 Å². The molecule has 1 N–H and O–H groups in total. The number of methoxy groups -OCH3 is 1. The molecule has 1 aromatic carbocycles. The second-order valence-electron chi connectivity index (χ2n) is 8.07. The maximum atomic E-state index is 13.3. The molecule has 0 saturated carbocycles. The van der Waals surface area contributed by atoms with Crippen LogP contribution in [0.15, 0.2) is 51.5 Å². The molecule has 3 heterocycles. The largest absolute Gasteiger partial charge is 0.497 e. The summed E-state index contributed by atoms with van der Waals surface area (Å²) in [5.74, 6) is -0.699. The predicted molar refractivity (Wildman–Crippen MR) is 147 cm³/mol. The molecule has 0 bridgehead atoms. The third kappa shape index (κ3) is 5.36. The Kier molecular flexibility index (Phi) is 7.92. The van der Waals surface area contributed by atoms with Gasteiger partial charge in [0.05, 0.1) is 24.1 Å². The van der Waals surface area contributed by atoms with E-state index in [9.17, 15) is 24.8 Å². The van der Waals surface area contributed by atoms with Crippen LogP contribution in [0.2, 0.25) is 0 Å². The fourth-order valence-electron chi connectivity index (χ4n) is 3.88. The van der Waals surface area contributed by atoms with Gasteiger partial charge in [0.25, 0.3) is 11.5 Å². The van der Waals surface area contributed by atoms with Gasteiger partial charge in [0.1, 0.15) is 21.7 Å². The van der Waals surface area contributed by atoms with Crippen molar-refractivity contribution in [1.82, 2.24) is 9.47 Å². The molecule has 1 saturated heterocycles. The smallest absolute Gasteiger partial charge is 0.271 e. The van der Waals surface area contributed by atoms with Crippen LogP contribution in [0.4, 0.5) is 0 Å². The first-order valence-corrected chi connectivity index (χ1v) is 13.2. The fraction of sp³-hybridized carbons (Fsp3) is 0.192. The lowest BCUT2D eigenvalue weighted by molar-refractivity contribution is -0.122. The van der Waals surface area contributed by atoms with E-state index in [1.165, 1.54) is 42.0 Å². The Morgan fingerprint density at radius 3 is 2.59 bits per heavy atom. The number of carbonyl (C=O) groups is 2. The molecule has 4 rings (SSSR count). The zero-order chi connectivity index (χ0) is 26.7. The Morgan fingerprint density at radius 2 is 1.97 bits per heavy atom. The normalized spacial score (nSPS) is 14.3. The first-order valence-electron chi connectivity index (χ1n) is 11.1. The third-order valence-corrected chi connectivity index (χ3v) is 8.03. The van der Waals surface area contributed by atoms with Crippen LogP contribution < -0.4 is 10.3 Å². The Labute approximate surface area is 226 Å². The molecule has 1 aliphatic heterocycles. The summed E-state index contributed by atoms with van der Waals surface area (Å²) in [7, 11) is 1.53. The molecule has 0 atom stereocenters. The first-order chi connectivity index (χ1) is 17.7. The van der Waals surface area contributed by atoms with Crippen molar-refractivity contribution in [2.75, 3.05) is 13.7 Å². The molecule has 3 aromatic rings. The number of ether oxygens (including phenoxy) is 1. The molecule has 0 radical (unpaired) electrons. The molecule has 0 unspecified atom stereocenters.